The van der Waals surface area contributed by atoms with Gasteiger partial charge in [0, 0.05) is 19.6 Å². The van der Waals surface area contributed by atoms with E-state index in [9.17, 15) is 0 Å². The average Bonchev–Trinajstić information content (AvgIpc) is 2.90. The predicted molar refractivity (Wildman–Crippen MR) is 80.0 cm³/mol. The van der Waals surface area contributed by atoms with Crippen molar-refractivity contribution in [3.8, 4) is 0 Å². The van der Waals surface area contributed by atoms with Gasteiger partial charge >= 0.3 is 0 Å². The maximum Gasteiger partial charge on any atom is 0.227 e. The third-order valence-electron chi connectivity index (χ3n) is 5.24. The summed E-state index contributed by atoms with van der Waals surface area (Å²) in [6.07, 6.45) is 9.25. The molecule has 3 rings (SSSR count). The summed E-state index contributed by atoms with van der Waals surface area (Å²) < 4.78 is 11.1. The van der Waals surface area contributed by atoms with Gasteiger partial charge in [-0.2, -0.15) is 4.98 Å². The number of nitrogens with one attached hydrogen (secondary N) is 1. The number of ether oxygens (including phenoxy) is 1. The van der Waals surface area contributed by atoms with Crippen LogP contribution in [0.25, 0.3) is 0 Å². The molecule has 0 saturated heterocycles. The summed E-state index contributed by atoms with van der Waals surface area (Å²) in [5, 5.41) is 7.80. The van der Waals surface area contributed by atoms with Crippen LogP contribution >= 0.6 is 0 Å². The maximum atomic E-state index is 5.63. The molecule has 0 spiro atoms. The zero-order chi connectivity index (χ0) is 14.7. The molecule has 5 heteroatoms. The summed E-state index contributed by atoms with van der Waals surface area (Å²) in [6, 6.07) is 0.596. The van der Waals surface area contributed by atoms with Crippen LogP contribution in [0.15, 0.2) is 4.52 Å². The first-order chi connectivity index (χ1) is 10.3. The number of aromatic nitrogens is 2. The molecule has 2 aliphatic rings. The van der Waals surface area contributed by atoms with Crippen molar-refractivity contribution >= 4 is 0 Å². The summed E-state index contributed by atoms with van der Waals surface area (Å²) >= 11 is 0. The van der Waals surface area contributed by atoms with E-state index in [4.69, 9.17) is 9.26 Å². The van der Waals surface area contributed by atoms with Crippen molar-refractivity contribution in [3.63, 3.8) is 0 Å². The Morgan fingerprint density at radius 2 is 2.10 bits per heavy atom. The van der Waals surface area contributed by atoms with E-state index in [1.165, 1.54) is 32.1 Å². The SMILES string of the molecule is CCNC1CCCCC1Cc1nc(C2(OC)CCC2)no1. The van der Waals surface area contributed by atoms with Crippen LogP contribution in [0, 0.1) is 5.92 Å². The first-order valence-corrected chi connectivity index (χ1v) is 8.39. The Morgan fingerprint density at radius 1 is 1.29 bits per heavy atom. The van der Waals surface area contributed by atoms with Gasteiger partial charge < -0.3 is 14.6 Å². The van der Waals surface area contributed by atoms with Crippen LogP contribution in [-0.4, -0.2) is 29.8 Å². The minimum atomic E-state index is -0.268. The molecular weight excluding hydrogens is 266 g/mol. The highest BCUT2D eigenvalue weighted by atomic mass is 16.5. The second-order valence-corrected chi connectivity index (χ2v) is 6.48. The summed E-state index contributed by atoms with van der Waals surface area (Å²) in [6.45, 7) is 3.21. The molecule has 1 N–H and O–H groups in total. The van der Waals surface area contributed by atoms with E-state index in [2.05, 4.69) is 22.4 Å². The fraction of sp³-hybridized carbons (Fsp3) is 0.875. The Kier molecular flexibility index (Phi) is 4.60. The van der Waals surface area contributed by atoms with Gasteiger partial charge in [0.15, 0.2) is 0 Å². The largest absolute Gasteiger partial charge is 0.370 e. The molecule has 5 nitrogen and oxygen atoms in total. The monoisotopic (exact) mass is 293 g/mol. The van der Waals surface area contributed by atoms with Crippen molar-refractivity contribution in [2.45, 2.75) is 69.9 Å². The van der Waals surface area contributed by atoms with Crippen molar-refractivity contribution in [2.75, 3.05) is 13.7 Å². The van der Waals surface area contributed by atoms with E-state index in [0.717, 1.165) is 37.5 Å². The van der Waals surface area contributed by atoms with Gasteiger partial charge in [-0.15, -0.1) is 0 Å². The molecule has 0 bridgehead atoms. The zero-order valence-electron chi connectivity index (χ0n) is 13.2. The number of rotatable bonds is 6. The van der Waals surface area contributed by atoms with Gasteiger partial charge in [0.25, 0.3) is 0 Å². The van der Waals surface area contributed by atoms with E-state index in [1.54, 1.807) is 7.11 Å². The third kappa shape index (κ3) is 2.99. The van der Waals surface area contributed by atoms with Crippen LogP contribution in [0.1, 0.15) is 63.6 Å². The fourth-order valence-electron chi connectivity index (χ4n) is 3.75. The summed E-state index contributed by atoms with van der Waals surface area (Å²) in [5.74, 6) is 2.15. The smallest absolute Gasteiger partial charge is 0.227 e. The van der Waals surface area contributed by atoms with E-state index < -0.39 is 0 Å². The van der Waals surface area contributed by atoms with E-state index in [0.29, 0.717) is 12.0 Å². The molecule has 2 fully saturated rings. The summed E-state index contributed by atoms with van der Waals surface area (Å²) in [7, 11) is 1.75. The number of hydrogen-bond acceptors (Lipinski definition) is 5. The van der Waals surface area contributed by atoms with Gasteiger partial charge in [-0.3, -0.25) is 0 Å². The molecule has 2 atom stereocenters. The highest BCUT2D eigenvalue weighted by Gasteiger charge is 2.43. The fourth-order valence-corrected chi connectivity index (χ4v) is 3.75. The molecule has 21 heavy (non-hydrogen) atoms. The van der Waals surface area contributed by atoms with Crippen LogP contribution in [-0.2, 0) is 16.8 Å². The summed E-state index contributed by atoms with van der Waals surface area (Å²) in [5.41, 5.74) is -0.268. The van der Waals surface area contributed by atoms with Gasteiger partial charge in [0.05, 0.1) is 0 Å². The quantitative estimate of drug-likeness (QED) is 0.874. The molecule has 0 aromatic carbocycles. The lowest BCUT2D eigenvalue weighted by molar-refractivity contribution is -0.0858. The van der Waals surface area contributed by atoms with Crippen molar-refractivity contribution in [1.82, 2.24) is 15.5 Å². The van der Waals surface area contributed by atoms with Gasteiger partial charge in [-0.1, -0.05) is 24.9 Å². The van der Waals surface area contributed by atoms with Crippen molar-refractivity contribution in [1.29, 1.82) is 0 Å². The third-order valence-corrected chi connectivity index (χ3v) is 5.24. The number of hydrogen-bond donors (Lipinski definition) is 1. The van der Waals surface area contributed by atoms with Crippen molar-refractivity contribution in [2.24, 2.45) is 5.92 Å². The molecule has 2 aliphatic carbocycles. The molecule has 1 aromatic rings. The first kappa shape index (κ1) is 15.0. The minimum absolute atomic E-state index is 0.268. The Bertz CT molecular complexity index is 449. The average molecular weight is 293 g/mol. The molecule has 0 aliphatic heterocycles. The van der Waals surface area contributed by atoms with Crippen LogP contribution < -0.4 is 5.32 Å². The number of methoxy groups -OCH3 is 1. The molecule has 118 valence electrons. The summed E-state index contributed by atoms with van der Waals surface area (Å²) in [4.78, 5) is 4.63. The highest BCUT2D eigenvalue weighted by Crippen LogP contribution is 2.42. The van der Waals surface area contributed by atoms with Crippen LogP contribution in [0.4, 0.5) is 0 Å². The minimum Gasteiger partial charge on any atom is -0.370 e. The zero-order valence-corrected chi connectivity index (χ0v) is 13.2. The highest BCUT2D eigenvalue weighted by molar-refractivity contribution is 5.07. The van der Waals surface area contributed by atoms with Gasteiger partial charge in [0.2, 0.25) is 11.7 Å². The van der Waals surface area contributed by atoms with Gasteiger partial charge in [0.1, 0.15) is 5.60 Å². The molecule has 1 aromatic heterocycles. The van der Waals surface area contributed by atoms with Crippen molar-refractivity contribution < 1.29 is 9.26 Å². The Hall–Kier alpha value is -0.940. The van der Waals surface area contributed by atoms with E-state index >= 15 is 0 Å². The van der Waals surface area contributed by atoms with Crippen molar-refractivity contribution in [3.05, 3.63) is 11.7 Å². The standard InChI is InChI=1S/C16H27N3O2/c1-3-17-13-8-5-4-7-12(13)11-14-18-15(19-21-14)16(20-2)9-6-10-16/h12-13,17H,3-11H2,1-2H3. The molecule has 2 saturated carbocycles. The Balaban J connectivity index is 1.66. The Morgan fingerprint density at radius 3 is 2.76 bits per heavy atom. The molecular formula is C16H27N3O2. The van der Waals surface area contributed by atoms with E-state index in [1.807, 2.05) is 0 Å². The van der Waals surface area contributed by atoms with Gasteiger partial charge in [-0.25, -0.2) is 0 Å². The lowest BCUT2D eigenvalue weighted by Crippen LogP contribution is -2.39. The van der Waals surface area contributed by atoms with E-state index in [-0.39, 0.29) is 5.60 Å². The van der Waals surface area contributed by atoms with Crippen LogP contribution in [0.5, 0.6) is 0 Å². The second-order valence-electron chi connectivity index (χ2n) is 6.48. The normalized spacial score (nSPS) is 28.3. The molecule has 1 heterocycles. The predicted octanol–water partition coefficient (Wildman–Crippen LogP) is 2.81. The van der Waals surface area contributed by atoms with Crippen LogP contribution in [0.3, 0.4) is 0 Å². The maximum absolute atomic E-state index is 5.63. The lowest BCUT2D eigenvalue weighted by Gasteiger charge is -2.37. The van der Waals surface area contributed by atoms with Gasteiger partial charge in [-0.05, 0) is 44.6 Å². The molecule has 2 unspecified atom stereocenters. The second kappa shape index (κ2) is 6.44. The van der Waals surface area contributed by atoms with Crippen LogP contribution in [0.2, 0.25) is 0 Å². The molecule has 0 amide bonds. The molecule has 0 radical (unpaired) electrons. The first-order valence-electron chi connectivity index (χ1n) is 8.39. The lowest BCUT2D eigenvalue weighted by atomic mass is 9.79. The topological polar surface area (TPSA) is 60.2 Å². The Labute approximate surface area is 126 Å². The number of nitrogens with zero attached hydrogens (tertiary/aromatic N) is 2.